The Hall–Kier alpha value is -3.15. The van der Waals surface area contributed by atoms with Crippen molar-refractivity contribution in [2.45, 2.75) is 38.8 Å². The van der Waals surface area contributed by atoms with Gasteiger partial charge in [0.25, 0.3) is 5.91 Å². The summed E-state index contributed by atoms with van der Waals surface area (Å²) in [5.74, 6) is -1.98. The summed E-state index contributed by atoms with van der Waals surface area (Å²) in [5, 5.41) is 14.9. The summed E-state index contributed by atoms with van der Waals surface area (Å²) in [6, 6.07) is 16.4. The Kier molecular flexibility index (Phi) is 7.75. The first kappa shape index (κ1) is 21.2. The van der Waals surface area contributed by atoms with Gasteiger partial charge in [0.2, 0.25) is 5.91 Å². The van der Waals surface area contributed by atoms with Crippen LogP contribution in [-0.2, 0) is 9.59 Å². The predicted octanol–water partition coefficient (Wildman–Crippen LogP) is 3.16. The molecule has 0 heterocycles. The standard InChI is InChI=1S/C22H26N2O4/c1-3-15(2)20(22(27)28)24-19(25)14-18(16-10-6-4-7-11-16)23-21(26)17-12-8-5-9-13-17/h4-13,15,18,20H,3,14H2,1-2H3,(H,23,26)(H,24,25)(H,27,28). The van der Waals surface area contributed by atoms with E-state index in [0.29, 0.717) is 12.0 Å². The van der Waals surface area contributed by atoms with Crippen molar-refractivity contribution in [2.75, 3.05) is 0 Å². The lowest BCUT2D eigenvalue weighted by molar-refractivity contribution is -0.143. The number of benzene rings is 2. The Morgan fingerprint density at radius 2 is 1.50 bits per heavy atom. The highest BCUT2D eigenvalue weighted by molar-refractivity contribution is 5.94. The maximum Gasteiger partial charge on any atom is 0.326 e. The molecule has 0 bridgehead atoms. The van der Waals surface area contributed by atoms with Gasteiger partial charge in [-0.2, -0.15) is 0 Å². The Balaban J connectivity index is 2.15. The van der Waals surface area contributed by atoms with Crippen LogP contribution in [0.15, 0.2) is 60.7 Å². The molecule has 3 atom stereocenters. The molecule has 0 saturated heterocycles. The van der Waals surface area contributed by atoms with E-state index in [4.69, 9.17) is 0 Å². The van der Waals surface area contributed by atoms with E-state index in [1.165, 1.54) is 0 Å². The third-order valence-electron chi connectivity index (χ3n) is 4.73. The zero-order chi connectivity index (χ0) is 20.5. The highest BCUT2D eigenvalue weighted by Gasteiger charge is 2.27. The third kappa shape index (κ3) is 5.94. The summed E-state index contributed by atoms with van der Waals surface area (Å²) < 4.78 is 0. The molecular weight excluding hydrogens is 356 g/mol. The van der Waals surface area contributed by atoms with Gasteiger partial charge in [0.1, 0.15) is 6.04 Å². The highest BCUT2D eigenvalue weighted by atomic mass is 16.4. The van der Waals surface area contributed by atoms with Crippen molar-refractivity contribution in [3.05, 3.63) is 71.8 Å². The second-order valence-electron chi connectivity index (χ2n) is 6.78. The van der Waals surface area contributed by atoms with Crippen molar-refractivity contribution in [1.29, 1.82) is 0 Å². The molecule has 0 aliphatic carbocycles. The van der Waals surface area contributed by atoms with Gasteiger partial charge in [-0.1, -0.05) is 68.8 Å². The molecule has 2 aromatic rings. The van der Waals surface area contributed by atoms with E-state index >= 15 is 0 Å². The lowest BCUT2D eigenvalue weighted by Gasteiger charge is -2.23. The molecule has 148 valence electrons. The molecule has 2 aromatic carbocycles. The van der Waals surface area contributed by atoms with Gasteiger partial charge in [0, 0.05) is 5.56 Å². The van der Waals surface area contributed by atoms with Crippen LogP contribution in [0.4, 0.5) is 0 Å². The van der Waals surface area contributed by atoms with Gasteiger partial charge in [-0.3, -0.25) is 9.59 Å². The number of nitrogens with one attached hydrogen (secondary N) is 2. The highest BCUT2D eigenvalue weighted by Crippen LogP contribution is 2.18. The molecule has 2 amide bonds. The summed E-state index contributed by atoms with van der Waals surface area (Å²) in [6.07, 6.45) is 0.576. The molecule has 0 aliphatic heterocycles. The van der Waals surface area contributed by atoms with Crippen molar-refractivity contribution >= 4 is 17.8 Å². The number of amides is 2. The lowest BCUT2D eigenvalue weighted by atomic mass is 9.98. The third-order valence-corrected chi connectivity index (χ3v) is 4.73. The number of aliphatic carboxylic acids is 1. The van der Waals surface area contributed by atoms with Gasteiger partial charge in [-0.15, -0.1) is 0 Å². The normalized spacial score (nSPS) is 13.8. The molecule has 6 nitrogen and oxygen atoms in total. The van der Waals surface area contributed by atoms with Crippen molar-refractivity contribution in [3.63, 3.8) is 0 Å². The number of carbonyl (C=O) groups is 3. The zero-order valence-corrected chi connectivity index (χ0v) is 16.1. The minimum absolute atomic E-state index is 0.0528. The van der Waals surface area contributed by atoms with Crippen LogP contribution in [0.1, 0.15) is 48.7 Å². The Morgan fingerprint density at radius 1 is 0.929 bits per heavy atom. The molecule has 0 fully saturated rings. The van der Waals surface area contributed by atoms with Crippen LogP contribution in [0.25, 0.3) is 0 Å². The van der Waals surface area contributed by atoms with E-state index in [1.807, 2.05) is 43.3 Å². The van der Waals surface area contributed by atoms with Crippen LogP contribution < -0.4 is 10.6 Å². The smallest absolute Gasteiger partial charge is 0.326 e. The second-order valence-corrected chi connectivity index (χ2v) is 6.78. The molecule has 0 saturated carbocycles. The maximum absolute atomic E-state index is 12.6. The van der Waals surface area contributed by atoms with Crippen molar-refractivity contribution in [2.24, 2.45) is 5.92 Å². The molecular formula is C22H26N2O4. The fourth-order valence-corrected chi connectivity index (χ4v) is 2.87. The van der Waals surface area contributed by atoms with E-state index < -0.39 is 24.0 Å². The van der Waals surface area contributed by atoms with E-state index in [0.717, 1.165) is 5.56 Å². The number of hydrogen-bond donors (Lipinski definition) is 3. The molecule has 28 heavy (non-hydrogen) atoms. The average Bonchev–Trinajstić information content (AvgIpc) is 2.72. The van der Waals surface area contributed by atoms with Crippen molar-refractivity contribution in [1.82, 2.24) is 10.6 Å². The van der Waals surface area contributed by atoms with Crippen LogP contribution in [0.3, 0.4) is 0 Å². The zero-order valence-electron chi connectivity index (χ0n) is 16.1. The molecule has 0 spiro atoms. The van der Waals surface area contributed by atoms with Crippen LogP contribution in [0.5, 0.6) is 0 Å². The van der Waals surface area contributed by atoms with Crippen LogP contribution >= 0.6 is 0 Å². The maximum atomic E-state index is 12.6. The first-order chi connectivity index (χ1) is 13.4. The van der Waals surface area contributed by atoms with Crippen molar-refractivity contribution < 1.29 is 19.5 Å². The van der Waals surface area contributed by atoms with Gasteiger partial charge in [0.15, 0.2) is 0 Å². The summed E-state index contributed by atoms with van der Waals surface area (Å²) in [6.45, 7) is 3.66. The first-order valence-corrected chi connectivity index (χ1v) is 9.35. The van der Waals surface area contributed by atoms with E-state index in [-0.39, 0.29) is 18.2 Å². The minimum atomic E-state index is -1.06. The largest absolute Gasteiger partial charge is 0.480 e. The number of hydrogen-bond acceptors (Lipinski definition) is 3. The molecule has 3 N–H and O–H groups in total. The molecule has 0 aromatic heterocycles. The Labute approximate surface area is 165 Å². The van der Waals surface area contributed by atoms with Gasteiger partial charge >= 0.3 is 5.97 Å². The predicted molar refractivity (Wildman–Crippen MR) is 107 cm³/mol. The topological polar surface area (TPSA) is 95.5 Å². The van der Waals surface area contributed by atoms with E-state index in [1.54, 1.807) is 31.2 Å². The fourth-order valence-electron chi connectivity index (χ4n) is 2.87. The van der Waals surface area contributed by atoms with Gasteiger partial charge < -0.3 is 15.7 Å². The number of carboxylic acids is 1. The van der Waals surface area contributed by atoms with Crippen LogP contribution in [0.2, 0.25) is 0 Å². The van der Waals surface area contributed by atoms with Crippen molar-refractivity contribution in [3.8, 4) is 0 Å². The van der Waals surface area contributed by atoms with E-state index in [9.17, 15) is 19.5 Å². The fraction of sp³-hybridized carbons (Fsp3) is 0.318. The summed E-state index contributed by atoms with van der Waals surface area (Å²) in [7, 11) is 0. The number of carbonyl (C=O) groups excluding carboxylic acids is 2. The van der Waals surface area contributed by atoms with Crippen LogP contribution in [0, 0.1) is 5.92 Å². The Morgan fingerprint density at radius 3 is 2.04 bits per heavy atom. The lowest BCUT2D eigenvalue weighted by Crippen LogP contribution is -2.46. The molecule has 3 unspecified atom stereocenters. The second kappa shape index (κ2) is 10.3. The molecule has 0 radical (unpaired) electrons. The number of carboxylic acid groups (broad SMARTS) is 1. The van der Waals surface area contributed by atoms with Gasteiger partial charge in [-0.05, 0) is 23.6 Å². The van der Waals surface area contributed by atoms with Crippen LogP contribution in [-0.4, -0.2) is 28.9 Å². The summed E-state index contributed by atoms with van der Waals surface area (Å²) in [4.78, 5) is 36.6. The molecule has 2 rings (SSSR count). The molecule has 6 heteroatoms. The summed E-state index contributed by atoms with van der Waals surface area (Å²) >= 11 is 0. The minimum Gasteiger partial charge on any atom is -0.480 e. The van der Waals surface area contributed by atoms with Gasteiger partial charge in [-0.25, -0.2) is 4.79 Å². The Bertz CT molecular complexity index is 793. The summed E-state index contributed by atoms with van der Waals surface area (Å²) in [5.41, 5.74) is 1.27. The SMILES string of the molecule is CCC(C)C(NC(=O)CC(NC(=O)c1ccccc1)c1ccccc1)C(=O)O. The number of rotatable bonds is 9. The quantitative estimate of drug-likeness (QED) is 0.621. The van der Waals surface area contributed by atoms with Gasteiger partial charge in [0.05, 0.1) is 12.5 Å². The first-order valence-electron chi connectivity index (χ1n) is 9.35. The average molecular weight is 382 g/mol. The monoisotopic (exact) mass is 382 g/mol. The molecule has 0 aliphatic rings. The van der Waals surface area contributed by atoms with E-state index in [2.05, 4.69) is 10.6 Å².